The third kappa shape index (κ3) is 1.89. The molecule has 0 fully saturated rings. The lowest BCUT2D eigenvalue weighted by molar-refractivity contribution is 0.0995. The number of hydrogen-bond donors (Lipinski definition) is 2. The Hall–Kier alpha value is -2.56. The highest BCUT2D eigenvalue weighted by Crippen LogP contribution is 2.29. The molecule has 0 atom stereocenters. The van der Waals surface area contributed by atoms with Gasteiger partial charge in [-0.1, -0.05) is 30.3 Å². The van der Waals surface area contributed by atoms with Gasteiger partial charge >= 0.3 is 0 Å². The lowest BCUT2D eigenvalue weighted by Crippen LogP contribution is -2.05. The molecule has 0 amide bonds. The van der Waals surface area contributed by atoms with Crippen LogP contribution < -0.4 is 5.73 Å². The van der Waals surface area contributed by atoms with Crippen LogP contribution in [0.2, 0.25) is 0 Å². The molecule has 0 unspecified atom stereocenters. The van der Waals surface area contributed by atoms with E-state index in [4.69, 9.17) is 10.2 Å². The fourth-order valence-electron chi connectivity index (χ4n) is 2.20. The molecule has 5 nitrogen and oxygen atoms in total. The van der Waals surface area contributed by atoms with Crippen molar-refractivity contribution in [3.63, 3.8) is 0 Å². The van der Waals surface area contributed by atoms with Crippen molar-refractivity contribution in [2.45, 2.75) is 13.3 Å². The van der Waals surface area contributed by atoms with Crippen LogP contribution in [0.5, 0.6) is 0 Å². The number of carbonyl (C=O) groups is 1. The van der Waals surface area contributed by atoms with Crippen molar-refractivity contribution >= 4 is 22.8 Å². The molecule has 3 aromatic rings. The molecular formula is C14H13N3O2. The topological polar surface area (TPSA) is 84.9 Å². The number of Topliss-reactive ketones (excluding diaryl/α,β-unsaturated/α-hetero) is 1. The molecule has 19 heavy (non-hydrogen) atoms. The minimum atomic E-state index is -0.0630. The van der Waals surface area contributed by atoms with E-state index >= 15 is 0 Å². The number of nitrogens with one attached hydrogen (secondary N) is 1. The average Bonchev–Trinajstić information content (AvgIpc) is 2.90. The molecule has 0 aliphatic carbocycles. The Balaban J connectivity index is 2.02. The maximum atomic E-state index is 12.4. The molecule has 5 heteroatoms. The van der Waals surface area contributed by atoms with Crippen LogP contribution in [0.3, 0.4) is 0 Å². The molecule has 1 aromatic carbocycles. The van der Waals surface area contributed by atoms with E-state index in [0.717, 1.165) is 11.3 Å². The fraction of sp³-hybridized carbons (Fsp3) is 0.143. The van der Waals surface area contributed by atoms with Gasteiger partial charge in [0, 0.05) is 12.1 Å². The Morgan fingerprint density at radius 1 is 1.37 bits per heavy atom. The maximum Gasteiger partial charge on any atom is 0.248 e. The van der Waals surface area contributed by atoms with Crippen LogP contribution >= 0.6 is 0 Å². The quantitative estimate of drug-likeness (QED) is 0.704. The first-order chi connectivity index (χ1) is 9.16. The van der Waals surface area contributed by atoms with Crippen molar-refractivity contribution in [2.24, 2.45) is 0 Å². The van der Waals surface area contributed by atoms with Gasteiger partial charge in [-0.2, -0.15) is 0 Å². The minimum absolute atomic E-state index is 0.0630. The standard InChI is InChI=1S/C14H13N3O2/c1-8-11-12(13(15)19-14(11)17-16-8)10(18)7-9-5-3-2-4-6-9/h2-6H,7,15H2,1H3,(H,16,17). The second-order valence-corrected chi connectivity index (χ2v) is 4.46. The molecule has 2 heterocycles. The zero-order chi connectivity index (χ0) is 13.4. The summed E-state index contributed by atoms with van der Waals surface area (Å²) in [6, 6.07) is 9.54. The summed E-state index contributed by atoms with van der Waals surface area (Å²) in [5, 5.41) is 7.44. The van der Waals surface area contributed by atoms with Crippen LogP contribution in [-0.2, 0) is 6.42 Å². The van der Waals surface area contributed by atoms with Crippen molar-refractivity contribution < 1.29 is 9.21 Å². The number of hydrogen-bond acceptors (Lipinski definition) is 4. The van der Waals surface area contributed by atoms with Gasteiger partial charge in [-0.15, -0.1) is 5.10 Å². The largest absolute Gasteiger partial charge is 0.420 e. The lowest BCUT2D eigenvalue weighted by atomic mass is 10.0. The summed E-state index contributed by atoms with van der Waals surface area (Å²) in [5.41, 5.74) is 8.31. The third-order valence-corrected chi connectivity index (χ3v) is 3.10. The van der Waals surface area contributed by atoms with Crippen LogP contribution in [0.4, 0.5) is 5.88 Å². The highest BCUT2D eigenvalue weighted by molar-refractivity contribution is 6.12. The lowest BCUT2D eigenvalue weighted by Gasteiger charge is -2.00. The molecular weight excluding hydrogens is 242 g/mol. The van der Waals surface area contributed by atoms with Crippen LogP contribution in [0, 0.1) is 6.92 Å². The predicted octanol–water partition coefficient (Wildman–Crippen LogP) is 2.47. The first kappa shape index (κ1) is 11.5. The minimum Gasteiger partial charge on any atom is -0.420 e. The third-order valence-electron chi connectivity index (χ3n) is 3.10. The Bertz CT molecular complexity index is 741. The number of aromatic nitrogens is 2. The van der Waals surface area contributed by atoms with E-state index < -0.39 is 0 Å². The summed E-state index contributed by atoms with van der Waals surface area (Å²) in [7, 11) is 0. The number of carbonyl (C=O) groups excluding carboxylic acids is 1. The van der Waals surface area contributed by atoms with Gasteiger partial charge in [0.15, 0.2) is 5.78 Å². The molecule has 0 saturated carbocycles. The number of nitrogens with two attached hydrogens (primary N) is 1. The summed E-state index contributed by atoms with van der Waals surface area (Å²) in [6.45, 7) is 1.84. The summed E-state index contributed by atoms with van der Waals surface area (Å²) >= 11 is 0. The normalized spacial score (nSPS) is 11.0. The number of aryl methyl sites for hydroxylation is 1. The van der Waals surface area contributed by atoms with Crippen LogP contribution in [0.1, 0.15) is 21.6 Å². The molecule has 0 aliphatic rings. The monoisotopic (exact) mass is 255 g/mol. The second kappa shape index (κ2) is 4.28. The summed E-state index contributed by atoms with van der Waals surface area (Å²) in [4.78, 5) is 12.4. The van der Waals surface area contributed by atoms with Gasteiger partial charge in [0.1, 0.15) is 0 Å². The van der Waals surface area contributed by atoms with Gasteiger partial charge in [-0.05, 0) is 12.5 Å². The zero-order valence-corrected chi connectivity index (χ0v) is 10.4. The van der Waals surface area contributed by atoms with E-state index in [1.165, 1.54) is 0 Å². The van der Waals surface area contributed by atoms with Crippen molar-refractivity contribution in [1.29, 1.82) is 0 Å². The molecule has 3 N–H and O–H groups in total. The molecule has 2 aromatic heterocycles. The molecule has 0 saturated heterocycles. The number of H-pyrrole nitrogens is 1. The van der Waals surface area contributed by atoms with Gasteiger partial charge in [-0.3, -0.25) is 9.89 Å². The Labute approximate surface area is 109 Å². The van der Waals surface area contributed by atoms with Crippen LogP contribution in [0.15, 0.2) is 34.7 Å². The number of rotatable bonds is 3. The van der Waals surface area contributed by atoms with Gasteiger partial charge in [0.05, 0.1) is 10.9 Å². The number of aromatic amines is 1. The number of fused-ring (bicyclic) bond motifs is 1. The van der Waals surface area contributed by atoms with E-state index in [0.29, 0.717) is 23.1 Å². The molecule has 0 bridgehead atoms. The molecule has 0 aliphatic heterocycles. The van der Waals surface area contributed by atoms with Crippen LogP contribution in [-0.4, -0.2) is 16.0 Å². The SMILES string of the molecule is Cc1[nH]nc2oc(N)c(C(=O)Cc3ccccc3)c12. The summed E-state index contributed by atoms with van der Waals surface area (Å²) in [6.07, 6.45) is 0.296. The molecule has 0 radical (unpaired) electrons. The molecule has 0 spiro atoms. The number of benzene rings is 1. The number of anilines is 1. The predicted molar refractivity (Wildman–Crippen MR) is 72.0 cm³/mol. The number of furan rings is 1. The Morgan fingerprint density at radius 3 is 2.84 bits per heavy atom. The van der Waals surface area contributed by atoms with Crippen molar-refractivity contribution in [1.82, 2.24) is 10.2 Å². The Morgan fingerprint density at radius 2 is 2.11 bits per heavy atom. The number of nitrogens with zero attached hydrogens (tertiary/aromatic N) is 1. The van der Waals surface area contributed by atoms with E-state index in [1.54, 1.807) is 0 Å². The highest BCUT2D eigenvalue weighted by Gasteiger charge is 2.22. The zero-order valence-electron chi connectivity index (χ0n) is 10.4. The van der Waals surface area contributed by atoms with Crippen molar-refractivity contribution in [3.8, 4) is 0 Å². The summed E-state index contributed by atoms with van der Waals surface area (Å²) in [5.74, 6) is 0.0717. The van der Waals surface area contributed by atoms with Gasteiger partial charge in [0.25, 0.3) is 0 Å². The van der Waals surface area contributed by atoms with E-state index in [1.807, 2.05) is 37.3 Å². The van der Waals surface area contributed by atoms with Gasteiger partial charge in [-0.25, -0.2) is 0 Å². The van der Waals surface area contributed by atoms with Crippen molar-refractivity contribution in [2.75, 3.05) is 5.73 Å². The highest BCUT2D eigenvalue weighted by atomic mass is 16.4. The van der Waals surface area contributed by atoms with Gasteiger partial charge < -0.3 is 10.2 Å². The van der Waals surface area contributed by atoms with Crippen LogP contribution in [0.25, 0.3) is 11.1 Å². The van der Waals surface area contributed by atoms with E-state index in [9.17, 15) is 4.79 Å². The molecule has 96 valence electrons. The van der Waals surface area contributed by atoms with Gasteiger partial charge in [0.2, 0.25) is 11.6 Å². The fourth-order valence-corrected chi connectivity index (χ4v) is 2.20. The number of ketones is 1. The van der Waals surface area contributed by atoms with E-state index in [2.05, 4.69) is 10.2 Å². The average molecular weight is 255 g/mol. The van der Waals surface area contributed by atoms with Crippen molar-refractivity contribution in [3.05, 3.63) is 47.2 Å². The number of nitrogen functional groups attached to an aromatic ring is 1. The smallest absolute Gasteiger partial charge is 0.248 e. The second-order valence-electron chi connectivity index (χ2n) is 4.46. The first-order valence-electron chi connectivity index (χ1n) is 5.97. The molecule has 3 rings (SSSR count). The maximum absolute atomic E-state index is 12.4. The van der Waals surface area contributed by atoms with E-state index in [-0.39, 0.29) is 11.7 Å². The first-order valence-corrected chi connectivity index (χ1v) is 5.97. The Kier molecular flexibility index (Phi) is 2.59. The summed E-state index contributed by atoms with van der Waals surface area (Å²) < 4.78 is 5.29.